The number of nitrogens with zero attached hydrogens (tertiary/aromatic N) is 2. The molecule has 0 atom stereocenters. The minimum atomic E-state index is -0.778. The van der Waals surface area contributed by atoms with Gasteiger partial charge in [0.15, 0.2) is 0 Å². The van der Waals surface area contributed by atoms with Crippen LogP contribution in [0.25, 0.3) is 0 Å². The van der Waals surface area contributed by atoms with E-state index in [1.165, 1.54) is 11.1 Å². The van der Waals surface area contributed by atoms with E-state index in [1.807, 2.05) is 101 Å². The molecule has 0 radical (unpaired) electrons. The van der Waals surface area contributed by atoms with Gasteiger partial charge < -0.3 is 28.8 Å². The van der Waals surface area contributed by atoms with Crippen LogP contribution in [-0.4, -0.2) is 50.8 Å². The predicted molar refractivity (Wildman–Crippen MR) is 183 cm³/mol. The summed E-state index contributed by atoms with van der Waals surface area (Å²) in [6.07, 6.45) is 0.862. The zero-order valence-electron chi connectivity index (χ0n) is 27.1. The third-order valence-electron chi connectivity index (χ3n) is 8.90. The van der Waals surface area contributed by atoms with Gasteiger partial charge in [-0.15, -0.1) is 0 Å². The molecular formula is C36H42B2N2O5. The van der Waals surface area contributed by atoms with E-state index < -0.39 is 25.4 Å². The molecule has 0 bridgehead atoms. The van der Waals surface area contributed by atoms with Crippen LogP contribution in [0.4, 0.5) is 11.4 Å². The van der Waals surface area contributed by atoms with Crippen molar-refractivity contribution in [2.45, 2.75) is 58.6 Å². The number of hydrogen-bond donors (Lipinski definition) is 1. The van der Waals surface area contributed by atoms with Crippen molar-refractivity contribution in [3.8, 4) is 0 Å². The van der Waals surface area contributed by atoms with Crippen LogP contribution in [0.5, 0.6) is 0 Å². The Morgan fingerprint density at radius 2 is 1.22 bits per heavy atom. The molecule has 2 heterocycles. The third-order valence-corrected chi connectivity index (χ3v) is 8.90. The van der Waals surface area contributed by atoms with Crippen molar-refractivity contribution in [2.24, 2.45) is 0 Å². The van der Waals surface area contributed by atoms with Crippen molar-refractivity contribution in [3.63, 3.8) is 0 Å². The summed E-state index contributed by atoms with van der Waals surface area (Å²) in [5, 5.41) is 9.74. The number of benzene rings is 4. The Morgan fingerprint density at radius 1 is 0.733 bits per heavy atom. The van der Waals surface area contributed by atoms with Gasteiger partial charge in [0.25, 0.3) is 0 Å². The summed E-state index contributed by atoms with van der Waals surface area (Å²) >= 11 is 0. The smallest absolute Gasteiger partial charge is 0.423 e. The number of carbonyl (C=O) groups is 1. The molecule has 232 valence electrons. The van der Waals surface area contributed by atoms with Crippen LogP contribution in [-0.2, 0) is 33.7 Å². The van der Waals surface area contributed by atoms with Gasteiger partial charge in [0, 0.05) is 44.1 Å². The van der Waals surface area contributed by atoms with E-state index in [4.69, 9.17) is 14.0 Å². The summed E-state index contributed by atoms with van der Waals surface area (Å²) < 4.78 is 17.5. The predicted octanol–water partition coefficient (Wildman–Crippen LogP) is 4.98. The van der Waals surface area contributed by atoms with Crippen LogP contribution in [0.15, 0.2) is 97.1 Å². The van der Waals surface area contributed by atoms with Crippen LogP contribution < -0.4 is 20.7 Å². The molecular weight excluding hydrogens is 562 g/mol. The topological polar surface area (TPSA) is 71.5 Å². The lowest BCUT2D eigenvalue weighted by atomic mass is 9.76. The van der Waals surface area contributed by atoms with Gasteiger partial charge in [0.1, 0.15) is 6.29 Å². The number of rotatable bonds is 8. The molecule has 4 aromatic rings. The van der Waals surface area contributed by atoms with E-state index >= 15 is 0 Å². The molecule has 0 aliphatic carbocycles. The highest BCUT2D eigenvalue weighted by molar-refractivity contribution is 6.63. The minimum Gasteiger partial charge on any atom is -0.423 e. The van der Waals surface area contributed by atoms with Crippen molar-refractivity contribution in [3.05, 3.63) is 119 Å². The second-order valence-corrected chi connectivity index (χ2v) is 12.7. The average Bonchev–Trinajstić information content (AvgIpc) is 3.51. The second kappa shape index (κ2) is 13.6. The Labute approximate surface area is 268 Å². The number of anilines is 2. The van der Waals surface area contributed by atoms with Gasteiger partial charge in [0.2, 0.25) is 0 Å². The molecule has 2 aliphatic rings. The monoisotopic (exact) mass is 604 g/mol. The lowest BCUT2D eigenvalue weighted by molar-refractivity contribution is 0.00578. The van der Waals surface area contributed by atoms with E-state index in [-0.39, 0.29) is 0 Å². The Morgan fingerprint density at radius 3 is 1.73 bits per heavy atom. The lowest BCUT2D eigenvalue weighted by Crippen LogP contribution is -2.41. The highest BCUT2D eigenvalue weighted by atomic mass is 16.7. The normalized spacial score (nSPS) is 16.1. The summed E-state index contributed by atoms with van der Waals surface area (Å²) in [6.45, 7) is 10.2. The Kier molecular flexibility index (Phi) is 9.85. The van der Waals surface area contributed by atoms with Gasteiger partial charge in [0.05, 0.1) is 17.8 Å². The third kappa shape index (κ3) is 7.51. The maximum atomic E-state index is 11.6. The summed E-state index contributed by atoms with van der Waals surface area (Å²) in [5.41, 5.74) is 7.05. The number of hydrogen-bond acceptors (Lipinski definition) is 7. The number of carbonyl (C=O) groups excluding carboxylic acids is 1. The summed E-state index contributed by atoms with van der Waals surface area (Å²) in [7, 11) is 2.76. The van der Waals surface area contributed by atoms with Gasteiger partial charge in [-0.05, 0) is 85.6 Å². The first-order valence-electron chi connectivity index (χ1n) is 15.3. The maximum Gasteiger partial charge on any atom is 0.495 e. The van der Waals surface area contributed by atoms with Crippen molar-refractivity contribution in [1.82, 2.24) is 0 Å². The SMILES string of the molecule is CN(Cc1ccccc1)c1ccc(C=O)c(B2OC(C)(C)C(C)(C)O2)c1.CN(Cc1ccccc1)c1ccc2c(c1)B(O)OC2. The van der Waals surface area contributed by atoms with Crippen molar-refractivity contribution in [2.75, 3.05) is 23.9 Å². The molecule has 0 amide bonds. The molecule has 7 nitrogen and oxygen atoms in total. The molecule has 0 saturated carbocycles. The van der Waals surface area contributed by atoms with Gasteiger partial charge in [-0.2, -0.15) is 0 Å². The second-order valence-electron chi connectivity index (χ2n) is 12.7. The molecule has 0 unspecified atom stereocenters. The van der Waals surface area contributed by atoms with Crippen molar-refractivity contribution in [1.29, 1.82) is 0 Å². The zero-order chi connectivity index (χ0) is 32.2. The number of fused-ring (bicyclic) bond motifs is 1. The van der Waals surface area contributed by atoms with E-state index in [1.54, 1.807) is 0 Å². The van der Waals surface area contributed by atoms with Crippen molar-refractivity contribution < 1.29 is 23.8 Å². The van der Waals surface area contributed by atoms with Crippen LogP contribution in [0.1, 0.15) is 54.7 Å². The summed E-state index contributed by atoms with van der Waals surface area (Å²) in [6, 6.07) is 32.5. The standard InChI is InChI=1S/C21H26BNO3.C15H16BNO2/c1-20(2)21(3,4)26-22(25-20)19-13-18(12-11-17(19)15-24)23(5)14-16-9-7-6-8-10-16;1-17(10-12-5-3-2-4-6-12)14-8-7-13-11-19-16(18)15(13)9-14/h6-13,15H,14H2,1-5H3;2-9,18H,10-11H2,1H3. The Bertz CT molecular complexity index is 1580. The zero-order valence-corrected chi connectivity index (χ0v) is 27.1. The summed E-state index contributed by atoms with van der Waals surface area (Å²) in [4.78, 5) is 15.9. The molecule has 0 aromatic heterocycles. The van der Waals surface area contributed by atoms with Crippen LogP contribution >= 0.6 is 0 Å². The number of aldehydes is 1. The quantitative estimate of drug-likeness (QED) is 0.225. The Balaban J connectivity index is 0.000000186. The van der Waals surface area contributed by atoms with Gasteiger partial charge in [-0.25, -0.2) is 0 Å². The first kappa shape index (κ1) is 32.5. The molecule has 1 fully saturated rings. The van der Waals surface area contributed by atoms with Gasteiger partial charge in [-0.3, -0.25) is 4.79 Å². The average molecular weight is 604 g/mol. The summed E-state index contributed by atoms with van der Waals surface area (Å²) in [5.74, 6) is 0. The first-order chi connectivity index (χ1) is 21.5. The molecule has 6 rings (SSSR count). The fourth-order valence-corrected chi connectivity index (χ4v) is 5.42. The molecule has 4 aromatic carbocycles. The highest BCUT2D eigenvalue weighted by Gasteiger charge is 2.52. The first-order valence-corrected chi connectivity index (χ1v) is 15.3. The van der Waals surface area contributed by atoms with E-state index in [0.29, 0.717) is 12.2 Å². The Hall–Kier alpha value is -3.88. The van der Waals surface area contributed by atoms with E-state index in [9.17, 15) is 9.82 Å². The van der Waals surface area contributed by atoms with Crippen LogP contribution in [0.2, 0.25) is 0 Å². The van der Waals surface area contributed by atoms with Crippen LogP contribution in [0.3, 0.4) is 0 Å². The van der Waals surface area contributed by atoms with Gasteiger partial charge >= 0.3 is 14.2 Å². The van der Waals surface area contributed by atoms with E-state index in [2.05, 4.69) is 47.2 Å². The van der Waals surface area contributed by atoms with E-state index in [0.717, 1.165) is 47.2 Å². The molecule has 45 heavy (non-hydrogen) atoms. The van der Waals surface area contributed by atoms with Crippen molar-refractivity contribution >= 4 is 42.8 Å². The molecule has 1 saturated heterocycles. The molecule has 9 heteroatoms. The minimum absolute atomic E-state index is 0.441. The molecule has 1 N–H and O–H groups in total. The van der Waals surface area contributed by atoms with Gasteiger partial charge in [-0.1, -0.05) is 66.7 Å². The molecule has 2 aliphatic heterocycles. The highest BCUT2D eigenvalue weighted by Crippen LogP contribution is 2.37. The largest absolute Gasteiger partial charge is 0.495 e. The fourth-order valence-electron chi connectivity index (χ4n) is 5.42. The lowest BCUT2D eigenvalue weighted by Gasteiger charge is -2.32. The molecule has 0 spiro atoms. The fraction of sp³-hybridized carbons (Fsp3) is 0.306. The van der Waals surface area contributed by atoms with Crippen LogP contribution in [0, 0.1) is 0 Å². The maximum absolute atomic E-state index is 11.6.